The Morgan fingerprint density at radius 3 is 2.22 bits per heavy atom. The summed E-state index contributed by atoms with van der Waals surface area (Å²) in [5.74, 6) is -2.51. The van der Waals surface area contributed by atoms with Crippen LogP contribution >= 0.6 is 0 Å². The highest BCUT2D eigenvalue weighted by molar-refractivity contribution is 6.54. The van der Waals surface area contributed by atoms with Gasteiger partial charge in [-0.2, -0.15) is 0 Å². The molecule has 0 aliphatic carbocycles. The van der Waals surface area contributed by atoms with Crippen LogP contribution in [0.25, 0.3) is 0 Å². The summed E-state index contributed by atoms with van der Waals surface area (Å²) in [6.45, 7) is 6.63. The fourth-order valence-corrected chi connectivity index (χ4v) is 4.95. The number of carbonyl (C=O) groups excluding carboxylic acids is 5. The standard InChI is InChI=1S/C31H35N3O11/c1-17-10-12-22(13-11-17)40-15-14-34-24-9-7-6-8-23(24)26(30(34)39)33-45-31-27(32-18(2)35)29(43-21(5)38)28(42-20(4)37)25(44-31)16-41-19(3)36/h6-13,25,27-29,31H,14-16H2,1-5H3,(H,32,35)/b33-26+/t25-,27-,28-,29-,31+/m1/s1. The van der Waals surface area contributed by atoms with Crippen LogP contribution in [0.2, 0.25) is 0 Å². The lowest BCUT2D eigenvalue weighted by molar-refractivity contribution is -0.278. The molecule has 2 aromatic carbocycles. The number of amides is 2. The van der Waals surface area contributed by atoms with Crippen molar-refractivity contribution in [3.63, 3.8) is 0 Å². The molecule has 2 heterocycles. The van der Waals surface area contributed by atoms with Crippen molar-refractivity contribution in [1.82, 2.24) is 5.32 Å². The van der Waals surface area contributed by atoms with Crippen LogP contribution in [0.1, 0.15) is 38.8 Å². The normalized spacial score (nSPS) is 23.1. The molecule has 0 radical (unpaired) electrons. The van der Waals surface area contributed by atoms with E-state index in [2.05, 4.69) is 10.5 Å². The summed E-state index contributed by atoms with van der Waals surface area (Å²) < 4.78 is 27.8. The number of oxime groups is 1. The monoisotopic (exact) mass is 625 g/mol. The van der Waals surface area contributed by atoms with Crippen LogP contribution in [0.5, 0.6) is 5.75 Å². The zero-order valence-electron chi connectivity index (χ0n) is 25.5. The number of fused-ring (bicyclic) bond motifs is 1. The van der Waals surface area contributed by atoms with E-state index in [9.17, 15) is 24.0 Å². The van der Waals surface area contributed by atoms with Crippen molar-refractivity contribution in [3.8, 4) is 5.75 Å². The average Bonchev–Trinajstić information content (AvgIpc) is 3.24. The third-order valence-electron chi connectivity index (χ3n) is 6.82. The van der Waals surface area contributed by atoms with E-state index in [0.29, 0.717) is 17.0 Å². The molecule has 240 valence electrons. The second-order valence-electron chi connectivity index (χ2n) is 10.4. The third-order valence-corrected chi connectivity index (χ3v) is 6.82. The number of nitrogens with one attached hydrogen (secondary N) is 1. The first-order valence-electron chi connectivity index (χ1n) is 14.2. The second kappa shape index (κ2) is 14.7. The van der Waals surface area contributed by atoms with Gasteiger partial charge in [0.1, 0.15) is 31.1 Å². The van der Waals surface area contributed by atoms with E-state index in [0.717, 1.165) is 19.4 Å². The van der Waals surface area contributed by atoms with Crippen molar-refractivity contribution in [2.24, 2.45) is 5.16 Å². The largest absolute Gasteiger partial charge is 0.492 e. The van der Waals surface area contributed by atoms with Gasteiger partial charge in [0, 0.05) is 33.3 Å². The molecular weight excluding hydrogens is 590 g/mol. The van der Waals surface area contributed by atoms with E-state index >= 15 is 0 Å². The Morgan fingerprint density at radius 2 is 1.58 bits per heavy atom. The van der Waals surface area contributed by atoms with E-state index in [1.54, 1.807) is 24.3 Å². The number of rotatable bonds is 11. The van der Waals surface area contributed by atoms with Gasteiger partial charge in [-0.05, 0) is 25.1 Å². The minimum absolute atomic E-state index is 0.0474. The van der Waals surface area contributed by atoms with E-state index < -0.39 is 67.0 Å². The van der Waals surface area contributed by atoms with E-state index in [1.165, 1.54) is 18.7 Å². The predicted molar refractivity (Wildman–Crippen MR) is 157 cm³/mol. The molecule has 0 saturated carbocycles. The molecule has 0 bridgehead atoms. The Morgan fingerprint density at radius 1 is 0.911 bits per heavy atom. The highest BCUT2D eigenvalue weighted by Crippen LogP contribution is 2.31. The SMILES string of the molecule is CC(=O)N[C@H]1[C@H](O/N=C2/C(=O)N(CCOc3ccc(C)cc3)c3ccccc32)O[C@H](COC(C)=O)[C@@H](OC(C)=O)[C@@H]1OC(C)=O. The maximum absolute atomic E-state index is 13.6. The number of hydrogen-bond acceptors (Lipinski definition) is 12. The molecule has 0 spiro atoms. The van der Waals surface area contributed by atoms with Gasteiger partial charge in [-0.15, -0.1) is 0 Å². The number of anilines is 1. The molecule has 2 aliphatic rings. The van der Waals surface area contributed by atoms with Gasteiger partial charge >= 0.3 is 17.9 Å². The molecule has 0 unspecified atom stereocenters. The Bertz CT molecular complexity index is 1460. The summed E-state index contributed by atoms with van der Waals surface area (Å²) in [5.41, 5.74) is 2.11. The van der Waals surface area contributed by atoms with Gasteiger partial charge in [0.15, 0.2) is 17.9 Å². The van der Waals surface area contributed by atoms with Gasteiger partial charge in [0.2, 0.25) is 5.91 Å². The predicted octanol–water partition coefficient (Wildman–Crippen LogP) is 1.80. The number of nitrogens with zero attached hydrogens (tertiary/aromatic N) is 2. The number of para-hydroxylation sites is 1. The number of carbonyl (C=O) groups is 5. The van der Waals surface area contributed by atoms with Crippen molar-refractivity contribution < 1.29 is 52.5 Å². The summed E-state index contributed by atoms with van der Waals surface area (Å²) in [6.07, 6.45) is -5.30. The topological polar surface area (TPSA) is 168 Å². The van der Waals surface area contributed by atoms with Crippen molar-refractivity contribution >= 4 is 41.1 Å². The zero-order chi connectivity index (χ0) is 32.7. The third kappa shape index (κ3) is 8.35. The number of esters is 3. The Balaban J connectivity index is 1.61. The minimum atomic E-state index is -1.48. The summed E-state index contributed by atoms with van der Waals surface area (Å²) >= 11 is 0. The summed E-state index contributed by atoms with van der Waals surface area (Å²) in [6, 6.07) is 13.3. The van der Waals surface area contributed by atoms with Crippen LogP contribution in [0.3, 0.4) is 0 Å². The Hall–Kier alpha value is -4.98. The van der Waals surface area contributed by atoms with E-state index in [4.69, 9.17) is 28.5 Å². The van der Waals surface area contributed by atoms with Gasteiger partial charge in [-0.25, -0.2) is 0 Å². The molecule has 0 aromatic heterocycles. The summed E-state index contributed by atoms with van der Waals surface area (Å²) in [5, 5.41) is 6.73. The van der Waals surface area contributed by atoms with Gasteiger partial charge < -0.3 is 38.7 Å². The van der Waals surface area contributed by atoms with Crippen molar-refractivity contribution in [3.05, 3.63) is 59.7 Å². The Labute approximate surface area is 259 Å². The van der Waals surface area contributed by atoms with Gasteiger partial charge in [0.25, 0.3) is 12.2 Å². The molecule has 45 heavy (non-hydrogen) atoms. The number of hydrogen-bond donors (Lipinski definition) is 1. The maximum Gasteiger partial charge on any atom is 0.303 e. The molecule has 1 N–H and O–H groups in total. The Kier molecular flexibility index (Phi) is 10.7. The number of ether oxygens (including phenoxy) is 5. The van der Waals surface area contributed by atoms with E-state index in [1.807, 2.05) is 31.2 Å². The van der Waals surface area contributed by atoms with Crippen molar-refractivity contribution in [1.29, 1.82) is 0 Å². The highest BCUT2D eigenvalue weighted by atomic mass is 16.8. The van der Waals surface area contributed by atoms with Crippen molar-refractivity contribution in [2.45, 2.75) is 65.3 Å². The lowest BCUT2D eigenvalue weighted by Crippen LogP contribution is -2.66. The van der Waals surface area contributed by atoms with Crippen LogP contribution in [-0.2, 0) is 47.8 Å². The first-order chi connectivity index (χ1) is 21.4. The zero-order valence-corrected chi connectivity index (χ0v) is 25.5. The van der Waals surface area contributed by atoms with Gasteiger partial charge in [-0.1, -0.05) is 41.1 Å². The van der Waals surface area contributed by atoms with Crippen LogP contribution < -0.4 is 15.0 Å². The molecule has 2 amide bonds. The van der Waals surface area contributed by atoms with Crippen LogP contribution in [0, 0.1) is 6.92 Å². The first kappa shape index (κ1) is 32.9. The highest BCUT2D eigenvalue weighted by Gasteiger charge is 2.52. The fraction of sp³-hybridized carbons (Fsp3) is 0.419. The van der Waals surface area contributed by atoms with Gasteiger partial charge in [-0.3, -0.25) is 24.0 Å². The van der Waals surface area contributed by atoms with Crippen molar-refractivity contribution in [2.75, 3.05) is 24.7 Å². The molecule has 4 rings (SSSR count). The molecule has 5 atom stereocenters. The summed E-state index contributed by atoms with van der Waals surface area (Å²) in [7, 11) is 0. The average molecular weight is 626 g/mol. The minimum Gasteiger partial charge on any atom is -0.492 e. The molecule has 2 aliphatic heterocycles. The second-order valence-corrected chi connectivity index (χ2v) is 10.4. The van der Waals surface area contributed by atoms with Crippen LogP contribution in [0.4, 0.5) is 5.69 Å². The smallest absolute Gasteiger partial charge is 0.303 e. The summed E-state index contributed by atoms with van der Waals surface area (Å²) in [4.78, 5) is 68.7. The lowest BCUT2D eigenvalue weighted by Gasteiger charge is -2.43. The van der Waals surface area contributed by atoms with Gasteiger partial charge in [0.05, 0.1) is 12.2 Å². The van der Waals surface area contributed by atoms with Crippen LogP contribution in [-0.4, -0.2) is 85.8 Å². The molecule has 2 aromatic rings. The quantitative estimate of drug-likeness (QED) is 0.220. The van der Waals surface area contributed by atoms with Crippen LogP contribution in [0.15, 0.2) is 53.7 Å². The lowest BCUT2D eigenvalue weighted by atomic mass is 9.96. The molecule has 1 saturated heterocycles. The van der Waals surface area contributed by atoms with E-state index in [-0.39, 0.29) is 18.9 Å². The molecular formula is C31H35N3O11. The number of benzene rings is 2. The molecule has 14 heteroatoms. The fourth-order valence-electron chi connectivity index (χ4n) is 4.95. The molecule has 14 nitrogen and oxygen atoms in total. The number of aryl methyl sites for hydroxylation is 1. The maximum atomic E-state index is 13.6. The molecule has 1 fully saturated rings. The first-order valence-corrected chi connectivity index (χ1v) is 14.2.